The van der Waals surface area contributed by atoms with Crippen LogP contribution in [-0.4, -0.2) is 41.9 Å². The van der Waals surface area contributed by atoms with Crippen LogP contribution in [0, 0.1) is 0 Å². The molecule has 2 heterocycles. The molecule has 17 heavy (non-hydrogen) atoms. The van der Waals surface area contributed by atoms with Gasteiger partial charge < -0.3 is 5.11 Å². The minimum Gasteiger partial charge on any atom is -0.478 e. The number of aryl methyl sites for hydroxylation is 1. The lowest BCUT2D eigenvalue weighted by atomic mass is 10.2. The van der Waals surface area contributed by atoms with E-state index in [4.69, 9.17) is 5.11 Å². The molecule has 2 aromatic heterocycles. The van der Waals surface area contributed by atoms with Crippen LogP contribution in [0.1, 0.15) is 20.8 Å². The number of carbonyl (C=O) groups is 2. The van der Waals surface area contributed by atoms with E-state index in [1.165, 1.54) is 24.3 Å². The molecule has 0 unspecified atom stereocenters. The maximum absolute atomic E-state index is 11.7. The van der Waals surface area contributed by atoms with E-state index in [1.54, 1.807) is 0 Å². The summed E-state index contributed by atoms with van der Waals surface area (Å²) < 4.78 is 1.25. The van der Waals surface area contributed by atoms with Crippen LogP contribution in [0.3, 0.4) is 0 Å². The lowest BCUT2D eigenvalue weighted by molar-refractivity contribution is 0.0692. The number of aromatic nitrogens is 5. The molecular formula is C8H8N6O3. The van der Waals surface area contributed by atoms with Gasteiger partial charge in [0.25, 0.3) is 5.91 Å². The Balaban J connectivity index is 2.27. The van der Waals surface area contributed by atoms with Crippen molar-refractivity contribution in [2.24, 2.45) is 7.05 Å². The van der Waals surface area contributed by atoms with Gasteiger partial charge in [0.1, 0.15) is 11.9 Å². The third-order valence-corrected chi connectivity index (χ3v) is 1.92. The second-order valence-corrected chi connectivity index (χ2v) is 3.16. The highest BCUT2D eigenvalue weighted by Gasteiger charge is 2.21. The summed E-state index contributed by atoms with van der Waals surface area (Å²) in [6.07, 6.45) is 2.46. The number of nitrogens with one attached hydrogen (secondary N) is 2. The van der Waals surface area contributed by atoms with Gasteiger partial charge in [-0.25, -0.2) is 9.89 Å². The summed E-state index contributed by atoms with van der Waals surface area (Å²) in [6, 6.07) is 0. The fourth-order valence-corrected chi connectivity index (χ4v) is 1.25. The van der Waals surface area contributed by atoms with Crippen molar-refractivity contribution in [3.63, 3.8) is 0 Å². The van der Waals surface area contributed by atoms with E-state index < -0.39 is 11.9 Å². The lowest BCUT2D eigenvalue weighted by Gasteiger charge is -1.98. The van der Waals surface area contributed by atoms with Crippen LogP contribution < -0.4 is 5.32 Å². The topological polar surface area (TPSA) is 126 Å². The molecule has 88 valence electrons. The van der Waals surface area contributed by atoms with Gasteiger partial charge in [0, 0.05) is 13.2 Å². The summed E-state index contributed by atoms with van der Waals surface area (Å²) in [5, 5.41) is 21.0. The van der Waals surface area contributed by atoms with Gasteiger partial charge in [0.15, 0.2) is 5.69 Å². The van der Waals surface area contributed by atoms with Crippen LogP contribution in [0.15, 0.2) is 12.5 Å². The number of aromatic carboxylic acids is 1. The summed E-state index contributed by atoms with van der Waals surface area (Å²) in [7, 11) is 1.53. The highest BCUT2D eigenvalue weighted by molar-refractivity contribution is 6.08. The highest BCUT2D eigenvalue weighted by atomic mass is 16.4. The Bertz CT molecular complexity index is 558. The number of carboxylic acids is 1. The van der Waals surface area contributed by atoms with E-state index in [2.05, 4.69) is 25.6 Å². The Hall–Kier alpha value is -2.71. The van der Waals surface area contributed by atoms with Crippen LogP contribution in [0.25, 0.3) is 0 Å². The Morgan fingerprint density at radius 2 is 2.29 bits per heavy atom. The largest absolute Gasteiger partial charge is 0.478 e. The molecule has 1 amide bonds. The van der Waals surface area contributed by atoms with Gasteiger partial charge in [-0.05, 0) is 0 Å². The molecule has 0 saturated heterocycles. The van der Waals surface area contributed by atoms with Crippen molar-refractivity contribution in [3.8, 4) is 0 Å². The zero-order chi connectivity index (χ0) is 12.4. The molecule has 0 radical (unpaired) electrons. The number of hydrogen-bond acceptors (Lipinski definition) is 5. The molecule has 0 saturated carbocycles. The van der Waals surface area contributed by atoms with E-state index in [0.29, 0.717) is 0 Å². The molecule has 0 aromatic carbocycles. The Morgan fingerprint density at radius 3 is 2.88 bits per heavy atom. The van der Waals surface area contributed by atoms with E-state index in [9.17, 15) is 9.59 Å². The van der Waals surface area contributed by atoms with Gasteiger partial charge in [0.2, 0.25) is 5.95 Å². The number of carbonyl (C=O) groups excluding carboxylic acids is 1. The van der Waals surface area contributed by atoms with Crippen LogP contribution >= 0.6 is 0 Å². The van der Waals surface area contributed by atoms with Gasteiger partial charge in [0.05, 0.1) is 0 Å². The molecule has 2 aromatic rings. The molecule has 2 rings (SSSR count). The number of H-pyrrole nitrogens is 1. The van der Waals surface area contributed by atoms with Gasteiger partial charge in [-0.2, -0.15) is 15.2 Å². The Morgan fingerprint density at radius 1 is 1.53 bits per heavy atom. The lowest BCUT2D eigenvalue weighted by Crippen LogP contribution is -2.17. The maximum Gasteiger partial charge on any atom is 0.339 e. The average Bonchev–Trinajstić information content (AvgIpc) is 2.86. The second kappa shape index (κ2) is 4.04. The number of amides is 1. The number of aromatic amines is 1. The molecule has 3 N–H and O–H groups in total. The standard InChI is InChI=1S/C8H8N6O3/c1-14-2-4(7(16)17)5(13-14)6(15)11-8-9-3-10-12-8/h2-3H,1H3,(H,16,17)(H2,9,10,11,12,15). The fourth-order valence-electron chi connectivity index (χ4n) is 1.25. The number of hydrogen-bond donors (Lipinski definition) is 3. The number of nitrogens with zero attached hydrogens (tertiary/aromatic N) is 4. The number of rotatable bonds is 3. The predicted octanol–water partition coefficient (Wildman–Crippen LogP) is -0.511. The molecular weight excluding hydrogens is 228 g/mol. The Kier molecular flexibility index (Phi) is 2.57. The first kappa shape index (κ1) is 10.8. The number of anilines is 1. The zero-order valence-corrected chi connectivity index (χ0v) is 8.71. The SMILES string of the molecule is Cn1cc(C(=O)O)c(C(=O)Nc2ncn[nH]2)n1. The second-order valence-electron chi connectivity index (χ2n) is 3.16. The van der Waals surface area contributed by atoms with Crippen molar-refractivity contribution in [1.82, 2.24) is 25.0 Å². The molecule has 9 nitrogen and oxygen atoms in total. The first-order valence-electron chi connectivity index (χ1n) is 4.51. The third-order valence-electron chi connectivity index (χ3n) is 1.92. The van der Waals surface area contributed by atoms with E-state index in [0.717, 1.165) is 0 Å². The quantitative estimate of drug-likeness (QED) is 0.658. The van der Waals surface area contributed by atoms with Crippen LogP contribution in [0.5, 0.6) is 0 Å². The maximum atomic E-state index is 11.7. The minimum absolute atomic E-state index is 0.122. The zero-order valence-electron chi connectivity index (χ0n) is 8.71. The first-order valence-corrected chi connectivity index (χ1v) is 4.51. The van der Waals surface area contributed by atoms with Crippen LogP contribution in [-0.2, 0) is 7.05 Å². The summed E-state index contributed by atoms with van der Waals surface area (Å²) in [5.74, 6) is -1.77. The first-order chi connectivity index (χ1) is 8.08. The monoisotopic (exact) mass is 236 g/mol. The van der Waals surface area contributed by atoms with Crippen LogP contribution in [0.4, 0.5) is 5.95 Å². The van der Waals surface area contributed by atoms with Crippen molar-refractivity contribution in [2.75, 3.05) is 5.32 Å². The summed E-state index contributed by atoms with van der Waals surface area (Å²) in [4.78, 5) is 26.3. The molecule has 0 aliphatic heterocycles. The Labute approximate surface area is 94.5 Å². The van der Waals surface area contributed by atoms with Crippen molar-refractivity contribution < 1.29 is 14.7 Å². The minimum atomic E-state index is -1.22. The van der Waals surface area contributed by atoms with E-state index >= 15 is 0 Å². The molecule has 0 atom stereocenters. The van der Waals surface area contributed by atoms with Gasteiger partial charge in [-0.1, -0.05) is 0 Å². The summed E-state index contributed by atoms with van der Waals surface area (Å²) in [6.45, 7) is 0. The van der Waals surface area contributed by atoms with Crippen molar-refractivity contribution in [2.45, 2.75) is 0 Å². The average molecular weight is 236 g/mol. The number of carboxylic acid groups (broad SMARTS) is 1. The van der Waals surface area contributed by atoms with Gasteiger partial charge >= 0.3 is 5.97 Å². The van der Waals surface area contributed by atoms with Gasteiger partial charge in [-0.15, -0.1) is 0 Å². The third kappa shape index (κ3) is 2.12. The predicted molar refractivity (Wildman–Crippen MR) is 54.5 cm³/mol. The normalized spacial score (nSPS) is 10.2. The highest BCUT2D eigenvalue weighted by Crippen LogP contribution is 2.08. The fraction of sp³-hybridized carbons (Fsp3) is 0.125. The van der Waals surface area contributed by atoms with Gasteiger partial charge in [-0.3, -0.25) is 14.8 Å². The molecule has 0 aliphatic carbocycles. The molecule has 0 aliphatic rings. The molecule has 0 bridgehead atoms. The van der Waals surface area contributed by atoms with E-state index in [-0.39, 0.29) is 17.2 Å². The molecule has 0 fully saturated rings. The summed E-state index contributed by atoms with van der Waals surface area (Å²) >= 11 is 0. The van der Waals surface area contributed by atoms with Crippen molar-refractivity contribution in [3.05, 3.63) is 23.8 Å². The smallest absolute Gasteiger partial charge is 0.339 e. The molecule has 0 spiro atoms. The molecule has 9 heteroatoms. The van der Waals surface area contributed by atoms with Crippen LogP contribution in [0.2, 0.25) is 0 Å². The summed E-state index contributed by atoms with van der Waals surface area (Å²) in [5.41, 5.74) is -0.360. The van der Waals surface area contributed by atoms with Crippen molar-refractivity contribution >= 4 is 17.8 Å². The van der Waals surface area contributed by atoms with Crippen molar-refractivity contribution in [1.29, 1.82) is 0 Å². The van der Waals surface area contributed by atoms with E-state index in [1.807, 2.05) is 0 Å².